The number of hydrogen-bond acceptors (Lipinski definition) is 3. The summed E-state index contributed by atoms with van der Waals surface area (Å²) >= 11 is 9.55. The summed E-state index contributed by atoms with van der Waals surface area (Å²) in [6.07, 6.45) is 0. The summed E-state index contributed by atoms with van der Waals surface area (Å²) < 4.78 is 12.3. The predicted octanol–water partition coefficient (Wildman–Crippen LogP) is 3.31. The lowest BCUT2D eigenvalue weighted by Gasteiger charge is -2.30. The minimum Gasteiger partial charge on any atom is -0.388 e. The van der Waals surface area contributed by atoms with Crippen molar-refractivity contribution in [1.29, 1.82) is 0 Å². The summed E-state index contributed by atoms with van der Waals surface area (Å²) in [5.74, 6) is -0.0957. The highest BCUT2D eigenvalue weighted by Gasteiger charge is 2.41. The Morgan fingerprint density at radius 1 is 0.875 bits per heavy atom. The Kier molecular flexibility index (Phi) is 9.91. The number of alkyl halides is 1. The largest absolute Gasteiger partial charge is 0.407 e. The van der Waals surface area contributed by atoms with Crippen LogP contribution in [0, 0.1) is 0 Å². The molecule has 0 heterocycles. The van der Waals surface area contributed by atoms with Gasteiger partial charge in [-0.3, -0.25) is 4.79 Å². The first-order valence-corrected chi connectivity index (χ1v) is 10.5. The van der Waals surface area contributed by atoms with E-state index >= 15 is 0 Å². The van der Waals surface area contributed by atoms with E-state index in [9.17, 15) is 4.79 Å². The van der Waals surface area contributed by atoms with Gasteiger partial charge in [-0.25, -0.2) is 0 Å². The molecule has 0 N–H and O–H groups in total. The van der Waals surface area contributed by atoms with E-state index in [1.165, 1.54) is 0 Å². The van der Waals surface area contributed by atoms with Gasteiger partial charge in [0.2, 0.25) is 5.24 Å². The van der Waals surface area contributed by atoms with E-state index in [0.29, 0.717) is 13.2 Å². The first-order valence-electron chi connectivity index (χ1n) is 7.74. The lowest BCUT2D eigenvalue weighted by Crippen LogP contribution is -2.63. The maximum absolute atomic E-state index is 9.45. The van der Waals surface area contributed by atoms with Crippen molar-refractivity contribution >= 4 is 47.4 Å². The van der Waals surface area contributed by atoms with Gasteiger partial charge in [-0.2, -0.15) is 0 Å². The topological polar surface area (TPSA) is 35.5 Å². The summed E-state index contributed by atoms with van der Waals surface area (Å²) in [5.41, 5.74) is 0. The summed E-state index contributed by atoms with van der Waals surface area (Å²) in [6, 6.07) is 20.6. The van der Waals surface area contributed by atoms with Crippen molar-refractivity contribution in [2.24, 2.45) is 0 Å². The highest BCUT2D eigenvalue weighted by Crippen LogP contribution is 2.09. The van der Waals surface area contributed by atoms with Gasteiger partial charge in [0.1, 0.15) is 0 Å². The molecule has 0 atom stereocenters. The van der Waals surface area contributed by atoms with E-state index in [1.54, 1.807) is 0 Å². The van der Waals surface area contributed by atoms with Crippen molar-refractivity contribution in [3.05, 3.63) is 60.7 Å². The molecular weight excluding hydrogens is 363 g/mol. The molecule has 2 rings (SSSR count). The molecule has 0 aliphatic rings. The fraction of sp³-hybridized carbons (Fsp3) is 0.278. The number of carbonyl (C=O) groups excluding carboxylic acids is 1. The summed E-state index contributed by atoms with van der Waals surface area (Å²) in [4.78, 5) is 9.45. The third kappa shape index (κ3) is 6.04. The first kappa shape index (κ1) is 20.9. The molecule has 2 aromatic rings. The van der Waals surface area contributed by atoms with E-state index in [1.807, 2.05) is 50.2 Å². The molecule has 24 heavy (non-hydrogen) atoms. The molecule has 2 aromatic carbocycles. The van der Waals surface area contributed by atoms with Gasteiger partial charge in [0.25, 0.3) is 0 Å². The molecule has 0 fully saturated rings. The van der Waals surface area contributed by atoms with Gasteiger partial charge in [0.15, 0.2) is 0 Å². The summed E-state index contributed by atoms with van der Waals surface area (Å²) in [7, 11) is -2.55. The molecule has 0 amide bonds. The molecule has 0 aliphatic carbocycles. The maximum atomic E-state index is 9.45. The molecule has 0 saturated carbocycles. The average Bonchev–Trinajstić information content (AvgIpc) is 2.63. The van der Waals surface area contributed by atoms with Crippen LogP contribution < -0.4 is 10.4 Å². The van der Waals surface area contributed by atoms with Crippen molar-refractivity contribution in [3.8, 4) is 0 Å². The van der Waals surface area contributed by atoms with Crippen molar-refractivity contribution in [1.82, 2.24) is 0 Å². The maximum Gasteiger partial charge on any atom is 0.407 e. The number of rotatable bonds is 7. The van der Waals surface area contributed by atoms with Gasteiger partial charge in [-0.1, -0.05) is 60.7 Å². The molecule has 0 spiro atoms. The Morgan fingerprint density at radius 2 is 1.21 bits per heavy atom. The number of benzene rings is 2. The zero-order valence-electron chi connectivity index (χ0n) is 13.9. The minimum absolute atomic E-state index is 0.0957. The third-order valence-electron chi connectivity index (χ3n) is 3.11. The smallest absolute Gasteiger partial charge is 0.388 e. The second-order valence-electron chi connectivity index (χ2n) is 4.70. The van der Waals surface area contributed by atoms with Gasteiger partial charge in [-0.05, 0) is 35.8 Å². The van der Waals surface area contributed by atoms with E-state index in [0.717, 1.165) is 10.4 Å². The Balaban J connectivity index is 0.000000505. The van der Waals surface area contributed by atoms with E-state index in [4.69, 9.17) is 32.1 Å². The first-order chi connectivity index (χ1) is 11.6. The van der Waals surface area contributed by atoms with Crippen LogP contribution in [0.5, 0.6) is 0 Å². The quantitative estimate of drug-likeness (QED) is 0.417. The van der Waals surface area contributed by atoms with Crippen LogP contribution in [-0.4, -0.2) is 32.9 Å². The van der Waals surface area contributed by atoms with Gasteiger partial charge < -0.3 is 8.85 Å². The molecule has 0 aliphatic heterocycles. The fourth-order valence-electron chi connectivity index (χ4n) is 2.26. The third-order valence-corrected chi connectivity index (χ3v) is 7.20. The number of hydrogen-bond donors (Lipinski definition) is 0. The van der Waals surface area contributed by atoms with E-state index in [-0.39, 0.29) is 5.88 Å². The second kappa shape index (κ2) is 11.4. The number of halogens is 2. The van der Waals surface area contributed by atoms with Crippen molar-refractivity contribution in [2.75, 3.05) is 19.1 Å². The Morgan fingerprint density at radius 3 is 1.46 bits per heavy atom. The molecule has 0 radical (unpaired) electrons. The van der Waals surface area contributed by atoms with Crippen LogP contribution in [0.4, 0.5) is 0 Å². The predicted molar refractivity (Wildman–Crippen MR) is 103 cm³/mol. The zero-order chi connectivity index (χ0) is 17.8. The zero-order valence-corrected chi connectivity index (χ0v) is 16.4. The SMILES string of the molecule is CCO[Si](OCC)(c1ccccc1)c1ccccc1.O=C(Cl)CCl. The van der Waals surface area contributed by atoms with E-state index < -0.39 is 13.8 Å². The fourth-order valence-corrected chi connectivity index (χ4v) is 5.42. The van der Waals surface area contributed by atoms with Crippen LogP contribution in [0.3, 0.4) is 0 Å². The van der Waals surface area contributed by atoms with Crippen LogP contribution >= 0.6 is 23.2 Å². The normalized spacial score (nSPS) is 10.7. The Labute approximate surface area is 154 Å². The summed E-state index contributed by atoms with van der Waals surface area (Å²) in [5, 5.41) is 1.81. The monoisotopic (exact) mass is 384 g/mol. The molecule has 0 aromatic heterocycles. The molecule has 130 valence electrons. The molecular formula is C18H22Cl2O3Si. The Hall–Kier alpha value is -1.17. The average molecular weight is 385 g/mol. The summed E-state index contributed by atoms with van der Waals surface area (Å²) in [6.45, 7) is 5.34. The molecule has 0 unspecified atom stereocenters. The molecule has 0 bridgehead atoms. The van der Waals surface area contributed by atoms with Crippen LogP contribution in [-0.2, 0) is 13.6 Å². The molecule has 0 saturated heterocycles. The Bertz CT molecular complexity index is 546. The minimum atomic E-state index is -2.55. The standard InChI is InChI=1S/C16H20O2Si.C2H2Cl2O/c1-3-17-19(18-4-2,15-11-7-5-8-12-15)16-13-9-6-10-14-16;3-1-2(4)5/h5-14H,3-4H2,1-2H3;1H2. The van der Waals surface area contributed by atoms with Crippen LogP contribution in [0.1, 0.15) is 13.8 Å². The lowest BCUT2D eigenvalue weighted by molar-refractivity contribution is -0.109. The lowest BCUT2D eigenvalue weighted by atomic mass is 10.4. The highest BCUT2D eigenvalue weighted by atomic mass is 35.5. The van der Waals surface area contributed by atoms with Crippen LogP contribution in [0.25, 0.3) is 0 Å². The van der Waals surface area contributed by atoms with Crippen LogP contribution in [0.15, 0.2) is 60.7 Å². The highest BCUT2D eigenvalue weighted by molar-refractivity contribution is 6.92. The van der Waals surface area contributed by atoms with E-state index in [2.05, 4.69) is 24.3 Å². The van der Waals surface area contributed by atoms with Crippen molar-refractivity contribution in [3.63, 3.8) is 0 Å². The van der Waals surface area contributed by atoms with Crippen molar-refractivity contribution in [2.45, 2.75) is 13.8 Å². The van der Waals surface area contributed by atoms with Gasteiger partial charge in [-0.15, -0.1) is 11.6 Å². The number of carbonyl (C=O) groups is 1. The van der Waals surface area contributed by atoms with Crippen LogP contribution in [0.2, 0.25) is 0 Å². The second-order valence-corrected chi connectivity index (χ2v) is 8.36. The van der Waals surface area contributed by atoms with Gasteiger partial charge >= 0.3 is 8.56 Å². The van der Waals surface area contributed by atoms with Gasteiger partial charge in [0, 0.05) is 13.2 Å². The van der Waals surface area contributed by atoms with Crippen molar-refractivity contribution < 1.29 is 13.6 Å². The van der Waals surface area contributed by atoms with Gasteiger partial charge in [0.05, 0.1) is 5.88 Å². The molecule has 3 nitrogen and oxygen atoms in total. The molecule has 6 heteroatoms.